The van der Waals surface area contributed by atoms with E-state index in [0.29, 0.717) is 12.2 Å². The van der Waals surface area contributed by atoms with Gasteiger partial charge in [-0.3, -0.25) is 9.10 Å². The topological polar surface area (TPSA) is 75.7 Å². The molecule has 0 fully saturated rings. The molecule has 0 radical (unpaired) electrons. The Labute approximate surface area is 190 Å². The number of nitrogens with zero attached hydrogens (tertiary/aromatic N) is 1. The van der Waals surface area contributed by atoms with Gasteiger partial charge in [-0.1, -0.05) is 65.7 Å². The van der Waals surface area contributed by atoms with Crippen molar-refractivity contribution in [3.63, 3.8) is 0 Å². The van der Waals surface area contributed by atoms with Crippen molar-refractivity contribution in [2.45, 2.75) is 17.5 Å². The minimum Gasteiger partial charge on any atom is -0.476 e. The van der Waals surface area contributed by atoms with Crippen LogP contribution in [-0.4, -0.2) is 27.0 Å². The van der Waals surface area contributed by atoms with Crippen molar-refractivity contribution < 1.29 is 17.9 Å². The first-order chi connectivity index (χ1) is 14.9. The van der Waals surface area contributed by atoms with Crippen molar-refractivity contribution in [3.8, 4) is 5.75 Å². The number of hydrogen-bond acceptors (Lipinski definition) is 4. The number of carbonyl (C=O) groups is 1. The molecule has 0 bridgehead atoms. The zero-order valence-electron chi connectivity index (χ0n) is 16.2. The van der Waals surface area contributed by atoms with E-state index in [-0.39, 0.29) is 27.2 Å². The number of hydrogen-bond donors (Lipinski definition) is 1. The molecule has 0 saturated carbocycles. The summed E-state index contributed by atoms with van der Waals surface area (Å²) in [7, 11) is -4.11. The molecule has 31 heavy (non-hydrogen) atoms. The molecular formula is C22H18Cl2N2O4S. The average molecular weight is 477 g/mol. The summed E-state index contributed by atoms with van der Waals surface area (Å²) >= 11 is 12.2. The second-order valence-corrected chi connectivity index (χ2v) is 9.56. The van der Waals surface area contributed by atoms with E-state index >= 15 is 0 Å². The predicted molar refractivity (Wildman–Crippen MR) is 120 cm³/mol. The summed E-state index contributed by atoms with van der Waals surface area (Å²) in [6, 6.07) is 20.3. The van der Waals surface area contributed by atoms with Crippen LogP contribution in [0.2, 0.25) is 10.0 Å². The summed E-state index contributed by atoms with van der Waals surface area (Å²) in [5, 5.41) is 3.08. The summed E-state index contributed by atoms with van der Waals surface area (Å²) in [4.78, 5) is 12.7. The minimum atomic E-state index is -4.11. The van der Waals surface area contributed by atoms with E-state index in [0.717, 1.165) is 9.87 Å². The number of fused-ring (bicyclic) bond motifs is 1. The molecule has 0 spiro atoms. The van der Waals surface area contributed by atoms with Crippen molar-refractivity contribution in [1.29, 1.82) is 0 Å². The number of rotatable bonds is 5. The zero-order valence-corrected chi connectivity index (χ0v) is 18.5. The van der Waals surface area contributed by atoms with Crippen molar-refractivity contribution in [1.82, 2.24) is 5.32 Å². The monoisotopic (exact) mass is 476 g/mol. The molecule has 1 atom stereocenters. The quantitative estimate of drug-likeness (QED) is 0.596. The third-order valence-corrected chi connectivity index (χ3v) is 7.29. The Kier molecular flexibility index (Phi) is 6.09. The number of benzene rings is 3. The van der Waals surface area contributed by atoms with Crippen LogP contribution in [-0.2, 0) is 21.4 Å². The molecule has 0 unspecified atom stereocenters. The number of sulfonamides is 1. The molecule has 3 aromatic carbocycles. The van der Waals surface area contributed by atoms with Crippen LogP contribution in [0.15, 0.2) is 77.7 Å². The van der Waals surface area contributed by atoms with Crippen molar-refractivity contribution in [2.24, 2.45) is 0 Å². The second kappa shape index (κ2) is 8.78. The van der Waals surface area contributed by atoms with E-state index < -0.39 is 22.0 Å². The predicted octanol–water partition coefficient (Wildman–Crippen LogP) is 4.27. The number of anilines is 1. The Bertz CT molecular complexity index is 1220. The highest BCUT2D eigenvalue weighted by molar-refractivity contribution is 7.93. The van der Waals surface area contributed by atoms with Crippen molar-refractivity contribution >= 4 is 44.8 Å². The summed E-state index contributed by atoms with van der Waals surface area (Å²) in [5.41, 5.74) is 1.24. The summed E-state index contributed by atoms with van der Waals surface area (Å²) in [5.74, 6) is -0.133. The van der Waals surface area contributed by atoms with Gasteiger partial charge in [0.15, 0.2) is 6.10 Å². The van der Waals surface area contributed by atoms with E-state index in [2.05, 4.69) is 5.32 Å². The summed E-state index contributed by atoms with van der Waals surface area (Å²) in [6.07, 6.45) is -1.04. The van der Waals surface area contributed by atoms with Gasteiger partial charge < -0.3 is 10.1 Å². The van der Waals surface area contributed by atoms with Gasteiger partial charge in [0.2, 0.25) is 0 Å². The maximum Gasteiger partial charge on any atom is 0.266 e. The molecule has 0 saturated heterocycles. The number of para-hydroxylation sites is 2. The standard InChI is InChI=1S/C22H18Cl2N2O4S/c23-16-10-11-17(24)21(12-16)31(28,29)26-14-20(30-19-9-5-4-8-18(19)26)22(27)25-13-15-6-2-1-3-7-15/h1-12,20H,13-14H2,(H,25,27)/t20-/m0/s1. The highest BCUT2D eigenvalue weighted by atomic mass is 35.5. The van der Waals surface area contributed by atoms with Crippen LogP contribution in [0.3, 0.4) is 0 Å². The van der Waals surface area contributed by atoms with Crippen molar-refractivity contribution in [2.75, 3.05) is 10.8 Å². The lowest BCUT2D eigenvalue weighted by molar-refractivity contribution is -0.127. The minimum absolute atomic E-state index is 0.0402. The maximum absolute atomic E-state index is 13.5. The van der Waals surface area contributed by atoms with Gasteiger partial charge in [0, 0.05) is 11.6 Å². The molecular weight excluding hydrogens is 459 g/mol. The maximum atomic E-state index is 13.5. The first-order valence-electron chi connectivity index (χ1n) is 9.41. The SMILES string of the molecule is O=C(NCc1ccccc1)[C@@H]1CN(S(=O)(=O)c2cc(Cl)ccc2Cl)c2ccccc2O1. The van der Waals surface area contributed by atoms with Gasteiger partial charge in [-0.2, -0.15) is 0 Å². The molecule has 0 aromatic heterocycles. The van der Waals surface area contributed by atoms with Gasteiger partial charge in [-0.05, 0) is 35.9 Å². The van der Waals surface area contributed by atoms with E-state index in [1.54, 1.807) is 24.3 Å². The molecule has 6 nitrogen and oxygen atoms in total. The fourth-order valence-corrected chi connectivity index (χ4v) is 5.47. The molecule has 1 amide bonds. The molecule has 0 aliphatic carbocycles. The van der Waals surface area contributed by atoms with Gasteiger partial charge in [0.05, 0.1) is 17.3 Å². The first-order valence-corrected chi connectivity index (χ1v) is 11.6. The largest absolute Gasteiger partial charge is 0.476 e. The van der Waals surface area contributed by atoms with E-state index in [4.69, 9.17) is 27.9 Å². The normalized spacial score (nSPS) is 15.7. The lowest BCUT2D eigenvalue weighted by Crippen LogP contribution is -2.50. The van der Waals surface area contributed by atoms with E-state index in [1.165, 1.54) is 18.2 Å². The number of amides is 1. The van der Waals surface area contributed by atoms with Crippen LogP contribution in [0.4, 0.5) is 5.69 Å². The van der Waals surface area contributed by atoms with Crippen LogP contribution in [0.5, 0.6) is 5.75 Å². The van der Waals surface area contributed by atoms with Crippen molar-refractivity contribution in [3.05, 3.63) is 88.4 Å². The highest BCUT2D eigenvalue weighted by Crippen LogP contribution is 2.38. The number of halogens is 2. The first kappa shape index (κ1) is 21.5. The molecule has 3 aromatic rings. The van der Waals surface area contributed by atoms with Crippen LogP contribution < -0.4 is 14.4 Å². The lowest BCUT2D eigenvalue weighted by atomic mass is 10.2. The smallest absolute Gasteiger partial charge is 0.266 e. The third kappa shape index (κ3) is 4.49. The Hall–Kier alpha value is -2.74. The molecule has 1 aliphatic heterocycles. The fraction of sp³-hybridized carbons (Fsp3) is 0.136. The second-order valence-electron chi connectivity index (χ2n) is 6.89. The number of nitrogens with one attached hydrogen (secondary N) is 1. The summed E-state index contributed by atoms with van der Waals surface area (Å²) in [6.45, 7) is 0.0941. The van der Waals surface area contributed by atoms with E-state index in [1.807, 2.05) is 30.3 Å². The molecule has 9 heteroatoms. The zero-order chi connectivity index (χ0) is 22.0. The molecule has 1 aliphatic rings. The van der Waals surface area contributed by atoms with Crippen LogP contribution in [0.25, 0.3) is 0 Å². The van der Waals surface area contributed by atoms with Gasteiger partial charge >= 0.3 is 0 Å². The molecule has 4 rings (SSSR count). The fourth-order valence-electron chi connectivity index (χ4n) is 3.26. The van der Waals surface area contributed by atoms with Crippen LogP contribution >= 0.6 is 23.2 Å². The Morgan fingerprint density at radius 3 is 2.52 bits per heavy atom. The lowest BCUT2D eigenvalue weighted by Gasteiger charge is -2.34. The van der Waals surface area contributed by atoms with Gasteiger partial charge in [0.1, 0.15) is 10.6 Å². The van der Waals surface area contributed by atoms with E-state index in [9.17, 15) is 13.2 Å². The van der Waals surface area contributed by atoms with Gasteiger partial charge in [-0.25, -0.2) is 8.42 Å². The molecule has 1 N–H and O–H groups in total. The Morgan fingerprint density at radius 2 is 1.74 bits per heavy atom. The third-order valence-electron chi connectivity index (χ3n) is 4.80. The molecule has 1 heterocycles. The van der Waals surface area contributed by atoms with Crippen LogP contribution in [0.1, 0.15) is 5.56 Å². The van der Waals surface area contributed by atoms with Gasteiger partial charge in [0.25, 0.3) is 15.9 Å². The average Bonchev–Trinajstić information content (AvgIpc) is 2.78. The Morgan fingerprint density at radius 1 is 1.03 bits per heavy atom. The van der Waals surface area contributed by atoms with Gasteiger partial charge in [-0.15, -0.1) is 0 Å². The summed E-state index contributed by atoms with van der Waals surface area (Å²) < 4.78 is 33.9. The number of carbonyl (C=O) groups excluding carboxylic acids is 1. The number of ether oxygens (including phenoxy) is 1. The molecule has 160 valence electrons. The Balaban J connectivity index is 1.64. The highest BCUT2D eigenvalue weighted by Gasteiger charge is 2.38. The van der Waals surface area contributed by atoms with Crippen LogP contribution in [0, 0.1) is 0 Å².